The van der Waals surface area contributed by atoms with Crippen LogP contribution < -0.4 is 0 Å². The summed E-state index contributed by atoms with van der Waals surface area (Å²) < 4.78 is 0. The van der Waals surface area contributed by atoms with Gasteiger partial charge in [-0.1, -0.05) is 121 Å². The standard InChI is InChI=1S/C30H26/c1-4-24-9-17-26(18-10-24)27-19-11-25(12-20-27)21-30(28-13-5-22(2)6-14-28)29-15-7-23(3)8-16-29/h4-21H,1H2,2-3H3. The largest absolute Gasteiger partial charge is 0.0985 e. The number of aryl methyl sites for hydroxylation is 2. The highest BCUT2D eigenvalue weighted by atomic mass is 14.1. The van der Waals surface area contributed by atoms with Gasteiger partial charge in [0.25, 0.3) is 0 Å². The van der Waals surface area contributed by atoms with E-state index in [0.717, 1.165) is 5.56 Å². The zero-order chi connectivity index (χ0) is 20.9. The van der Waals surface area contributed by atoms with Crippen LogP contribution >= 0.6 is 0 Å². The zero-order valence-electron chi connectivity index (χ0n) is 17.6. The van der Waals surface area contributed by atoms with Gasteiger partial charge in [-0.15, -0.1) is 0 Å². The van der Waals surface area contributed by atoms with Crippen molar-refractivity contribution in [3.8, 4) is 11.1 Å². The second kappa shape index (κ2) is 8.80. The van der Waals surface area contributed by atoms with E-state index in [1.165, 1.54) is 44.5 Å². The van der Waals surface area contributed by atoms with Gasteiger partial charge >= 0.3 is 0 Å². The molecule has 0 heterocycles. The van der Waals surface area contributed by atoms with E-state index in [1.807, 2.05) is 6.08 Å². The number of hydrogen-bond donors (Lipinski definition) is 0. The molecule has 4 aromatic carbocycles. The summed E-state index contributed by atoms with van der Waals surface area (Å²) in [6, 6.07) is 34.8. The van der Waals surface area contributed by atoms with Crippen LogP contribution in [0.15, 0.2) is 104 Å². The second-order valence-electron chi connectivity index (χ2n) is 7.74. The molecule has 0 atom stereocenters. The van der Waals surface area contributed by atoms with Gasteiger partial charge in [0.2, 0.25) is 0 Å². The molecule has 0 saturated carbocycles. The fourth-order valence-electron chi connectivity index (χ4n) is 3.55. The lowest BCUT2D eigenvalue weighted by atomic mass is 9.94. The van der Waals surface area contributed by atoms with E-state index < -0.39 is 0 Å². The summed E-state index contributed by atoms with van der Waals surface area (Å²) in [6.07, 6.45) is 4.15. The molecular weight excluding hydrogens is 360 g/mol. The van der Waals surface area contributed by atoms with Crippen LogP contribution in [0.25, 0.3) is 28.9 Å². The molecule has 0 aliphatic carbocycles. The van der Waals surface area contributed by atoms with Crippen LogP contribution in [0, 0.1) is 13.8 Å². The molecule has 0 spiro atoms. The first kappa shape index (κ1) is 19.7. The average Bonchev–Trinajstić information content (AvgIpc) is 2.79. The molecule has 0 N–H and O–H groups in total. The molecule has 0 unspecified atom stereocenters. The van der Waals surface area contributed by atoms with Crippen LogP contribution in [-0.4, -0.2) is 0 Å². The van der Waals surface area contributed by atoms with Gasteiger partial charge in [-0.3, -0.25) is 0 Å². The smallest absolute Gasteiger partial charge is 0.0105 e. The summed E-state index contributed by atoms with van der Waals surface area (Å²) in [5, 5.41) is 0. The minimum absolute atomic E-state index is 1.14. The van der Waals surface area contributed by atoms with E-state index in [-0.39, 0.29) is 0 Å². The third-order valence-corrected chi connectivity index (χ3v) is 5.43. The summed E-state index contributed by atoms with van der Waals surface area (Å²) in [6.45, 7) is 8.07. The normalized spacial score (nSPS) is 10.5. The van der Waals surface area contributed by atoms with Gasteiger partial charge in [0, 0.05) is 0 Å². The number of benzene rings is 4. The van der Waals surface area contributed by atoms with E-state index in [2.05, 4.69) is 124 Å². The summed E-state index contributed by atoms with van der Waals surface area (Å²) in [4.78, 5) is 0. The highest BCUT2D eigenvalue weighted by Crippen LogP contribution is 2.28. The van der Waals surface area contributed by atoms with E-state index in [0.29, 0.717) is 0 Å². The van der Waals surface area contributed by atoms with Gasteiger partial charge in [0.15, 0.2) is 0 Å². The Bertz CT molecular complexity index is 1110. The van der Waals surface area contributed by atoms with Crippen molar-refractivity contribution in [2.75, 3.05) is 0 Å². The van der Waals surface area contributed by atoms with Crippen LogP contribution in [-0.2, 0) is 0 Å². The summed E-state index contributed by atoms with van der Waals surface area (Å²) in [5.74, 6) is 0. The summed E-state index contributed by atoms with van der Waals surface area (Å²) in [7, 11) is 0. The van der Waals surface area contributed by atoms with Crippen LogP contribution in [0.5, 0.6) is 0 Å². The fraction of sp³-hybridized carbons (Fsp3) is 0.0667. The van der Waals surface area contributed by atoms with Gasteiger partial charge in [0.05, 0.1) is 0 Å². The monoisotopic (exact) mass is 386 g/mol. The third-order valence-electron chi connectivity index (χ3n) is 5.43. The van der Waals surface area contributed by atoms with E-state index in [4.69, 9.17) is 0 Å². The topological polar surface area (TPSA) is 0 Å². The Morgan fingerprint density at radius 1 is 0.533 bits per heavy atom. The molecule has 0 bridgehead atoms. The molecule has 0 radical (unpaired) electrons. The highest BCUT2D eigenvalue weighted by Gasteiger charge is 2.06. The molecule has 0 saturated heterocycles. The van der Waals surface area contributed by atoms with Crippen molar-refractivity contribution in [2.45, 2.75) is 13.8 Å². The maximum Gasteiger partial charge on any atom is -0.0105 e. The summed E-state index contributed by atoms with van der Waals surface area (Å²) in [5.41, 5.74) is 11.0. The molecule has 0 fully saturated rings. The van der Waals surface area contributed by atoms with Crippen molar-refractivity contribution in [2.24, 2.45) is 0 Å². The Morgan fingerprint density at radius 3 is 1.33 bits per heavy atom. The van der Waals surface area contributed by atoms with Gasteiger partial charge in [0.1, 0.15) is 0 Å². The quantitative estimate of drug-likeness (QED) is 0.303. The third kappa shape index (κ3) is 4.50. The van der Waals surface area contributed by atoms with Gasteiger partial charge < -0.3 is 0 Å². The lowest BCUT2D eigenvalue weighted by Gasteiger charge is -2.11. The van der Waals surface area contributed by atoms with E-state index >= 15 is 0 Å². The van der Waals surface area contributed by atoms with Crippen LogP contribution in [0.2, 0.25) is 0 Å². The van der Waals surface area contributed by atoms with Crippen molar-refractivity contribution in [1.82, 2.24) is 0 Å². The number of rotatable bonds is 5. The summed E-state index contributed by atoms with van der Waals surface area (Å²) >= 11 is 0. The zero-order valence-corrected chi connectivity index (χ0v) is 17.6. The Balaban J connectivity index is 1.71. The Labute approximate surface area is 179 Å². The van der Waals surface area contributed by atoms with Crippen LogP contribution in [0.3, 0.4) is 0 Å². The molecule has 0 heteroatoms. The van der Waals surface area contributed by atoms with Gasteiger partial charge in [-0.25, -0.2) is 0 Å². The molecular formula is C30H26. The molecule has 4 aromatic rings. The molecule has 4 rings (SSSR count). The molecule has 146 valence electrons. The first-order chi connectivity index (χ1) is 14.6. The molecule has 0 aliphatic rings. The lowest BCUT2D eigenvalue weighted by Crippen LogP contribution is -1.89. The van der Waals surface area contributed by atoms with Crippen LogP contribution in [0.4, 0.5) is 0 Å². The molecule has 0 amide bonds. The Morgan fingerprint density at radius 2 is 0.933 bits per heavy atom. The molecule has 0 nitrogen and oxygen atoms in total. The maximum absolute atomic E-state index is 3.83. The number of hydrogen-bond acceptors (Lipinski definition) is 0. The minimum Gasteiger partial charge on any atom is -0.0985 e. The fourth-order valence-corrected chi connectivity index (χ4v) is 3.55. The second-order valence-corrected chi connectivity index (χ2v) is 7.74. The Kier molecular flexibility index (Phi) is 5.77. The molecule has 0 aromatic heterocycles. The van der Waals surface area contributed by atoms with Crippen molar-refractivity contribution in [3.05, 3.63) is 137 Å². The van der Waals surface area contributed by atoms with Gasteiger partial charge in [-0.2, -0.15) is 0 Å². The van der Waals surface area contributed by atoms with Crippen molar-refractivity contribution in [1.29, 1.82) is 0 Å². The average molecular weight is 387 g/mol. The van der Waals surface area contributed by atoms with Crippen LogP contribution in [0.1, 0.15) is 33.4 Å². The minimum atomic E-state index is 1.14. The lowest BCUT2D eigenvalue weighted by molar-refractivity contribution is 1.43. The first-order valence-electron chi connectivity index (χ1n) is 10.3. The van der Waals surface area contributed by atoms with Crippen molar-refractivity contribution in [3.63, 3.8) is 0 Å². The van der Waals surface area contributed by atoms with E-state index in [1.54, 1.807) is 0 Å². The van der Waals surface area contributed by atoms with Crippen molar-refractivity contribution < 1.29 is 0 Å². The van der Waals surface area contributed by atoms with Crippen molar-refractivity contribution >= 4 is 17.7 Å². The first-order valence-corrected chi connectivity index (χ1v) is 10.3. The predicted molar refractivity (Wildman–Crippen MR) is 131 cm³/mol. The predicted octanol–water partition coefficient (Wildman–Crippen LogP) is 8.20. The Hall–Kier alpha value is -3.64. The SMILES string of the molecule is C=Cc1ccc(-c2ccc(C=C(c3ccc(C)cc3)c3ccc(C)cc3)cc2)cc1. The highest BCUT2D eigenvalue weighted by molar-refractivity contribution is 5.91. The van der Waals surface area contributed by atoms with E-state index in [9.17, 15) is 0 Å². The molecule has 0 aliphatic heterocycles. The van der Waals surface area contributed by atoms with Gasteiger partial charge in [-0.05, 0) is 58.9 Å². The molecule has 30 heavy (non-hydrogen) atoms. The maximum atomic E-state index is 3.83.